The number of hydrogen-bond donors (Lipinski definition) is 2. The third-order valence-corrected chi connectivity index (χ3v) is 2.90. The number of hydrogen-bond acceptors (Lipinski definition) is 1. The largest absolute Gasteiger partial charge is 0.369 e. The molecule has 0 unspecified atom stereocenters. The van der Waals surface area contributed by atoms with Gasteiger partial charge in [-0.2, -0.15) is 4.99 Å². The first-order valence-corrected chi connectivity index (χ1v) is 7.54. The van der Waals surface area contributed by atoms with Crippen LogP contribution in [0.2, 0.25) is 0 Å². The second-order valence-electron chi connectivity index (χ2n) is 4.76. The monoisotopic (exact) mass is 269 g/mol. The van der Waals surface area contributed by atoms with Gasteiger partial charge in [0.1, 0.15) is 0 Å². The number of guanidine groups is 2. The molecule has 0 fully saturated rings. The summed E-state index contributed by atoms with van der Waals surface area (Å²) in [6.45, 7) is 9.07. The maximum atomic E-state index is 6.02. The van der Waals surface area contributed by atoms with Gasteiger partial charge in [-0.05, 0) is 19.3 Å². The van der Waals surface area contributed by atoms with Crippen LogP contribution in [0.5, 0.6) is 0 Å². The molecule has 4 N–H and O–H groups in total. The second kappa shape index (κ2) is 11.8. The Morgan fingerprint density at radius 1 is 0.895 bits per heavy atom. The Morgan fingerprint density at radius 2 is 1.42 bits per heavy atom. The van der Waals surface area contributed by atoms with Crippen LogP contribution in [0.3, 0.4) is 0 Å². The molecule has 0 aliphatic heterocycles. The van der Waals surface area contributed by atoms with Gasteiger partial charge in [-0.25, -0.2) is 0 Å². The molecule has 0 saturated carbocycles. The van der Waals surface area contributed by atoms with Crippen molar-refractivity contribution in [2.75, 3.05) is 19.6 Å². The van der Waals surface area contributed by atoms with E-state index in [4.69, 9.17) is 11.5 Å². The highest BCUT2D eigenvalue weighted by molar-refractivity contribution is 5.93. The van der Waals surface area contributed by atoms with Crippen molar-refractivity contribution < 1.29 is 0 Å². The maximum absolute atomic E-state index is 6.02. The quantitative estimate of drug-likeness (QED) is 0.383. The molecule has 5 nitrogen and oxygen atoms in total. The van der Waals surface area contributed by atoms with Crippen molar-refractivity contribution in [2.24, 2.45) is 21.5 Å². The summed E-state index contributed by atoms with van der Waals surface area (Å²) >= 11 is 0. The summed E-state index contributed by atoms with van der Waals surface area (Å²) in [7, 11) is 0. The molecule has 5 heteroatoms. The Balaban J connectivity index is 4.47. The fourth-order valence-electron chi connectivity index (χ4n) is 1.61. The normalized spacial score (nSPS) is 12.8. The molecular weight excluding hydrogens is 238 g/mol. The SMILES string of the molecule is CCCCN=C(N)N=C(N)N(CCCC)CCCC. The smallest absolute Gasteiger partial charge is 0.218 e. The van der Waals surface area contributed by atoms with Gasteiger partial charge < -0.3 is 16.4 Å². The van der Waals surface area contributed by atoms with Gasteiger partial charge in [0, 0.05) is 19.6 Å². The Bertz CT molecular complexity index is 265. The predicted molar refractivity (Wildman–Crippen MR) is 84.4 cm³/mol. The lowest BCUT2D eigenvalue weighted by Crippen LogP contribution is -2.40. The average molecular weight is 269 g/mol. The van der Waals surface area contributed by atoms with Crippen molar-refractivity contribution in [3.8, 4) is 0 Å². The van der Waals surface area contributed by atoms with Crippen LogP contribution in [0.25, 0.3) is 0 Å². The molecule has 0 heterocycles. The lowest BCUT2D eigenvalue weighted by atomic mass is 10.3. The van der Waals surface area contributed by atoms with Crippen LogP contribution in [-0.2, 0) is 0 Å². The van der Waals surface area contributed by atoms with Gasteiger partial charge in [-0.1, -0.05) is 40.0 Å². The predicted octanol–water partition coefficient (Wildman–Crippen LogP) is 2.32. The van der Waals surface area contributed by atoms with E-state index in [2.05, 4.69) is 35.7 Å². The van der Waals surface area contributed by atoms with Crippen molar-refractivity contribution in [1.29, 1.82) is 0 Å². The van der Waals surface area contributed by atoms with E-state index in [1.807, 2.05) is 0 Å². The summed E-state index contributed by atoms with van der Waals surface area (Å²) < 4.78 is 0. The minimum Gasteiger partial charge on any atom is -0.369 e. The molecule has 0 aliphatic rings. The summed E-state index contributed by atoms with van der Waals surface area (Å²) in [5, 5.41) is 0. The first-order chi connectivity index (χ1) is 9.15. The molecule has 0 spiro atoms. The molecule has 0 saturated heterocycles. The minimum atomic E-state index is 0.295. The summed E-state index contributed by atoms with van der Waals surface area (Å²) in [6, 6.07) is 0. The Morgan fingerprint density at radius 3 is 1.89 bits per heavy atom. The lowest BCUT2D eigenvalue weighted by molar-refractivity contribution is 0.395. The van der Waals surface area contributed by atoms with E-state index in [1.165, 1.54) is 0 Å². The number of rotatable bonds is 9. The molecule has 0 bridgehead atoms. The topological polar surface area (TPSA) is 80.0 Å². The molecule has 0 aromatic rings. The van der Waals surface area contributed by atoms with E-state index in [-0.39, 0.29) is 0 Å². The first-order valence-electron chi connectivity index (χ1n) is 7.54. The molecule has 0 atom stereocenters. The number of aliphatic imine (C=N–C) groups is 2. The van der Waals surface area contributed by atoms with Gasteiger partial charge in [-0.3, -0.25) is 4.99 Å². The molecule has 0 rings (SSSR count). The summed E-state index contributed by atoms with van der Waals surface area (Å²) in [5.74, 6) is 0.795. The third kappa shape index (κ3) is 9.33. The molecule has 0 amide bonds. The standard InChI is InChI=1S/C14H31N5/c1-4-7-10-17-13(15)18-14(16)19(11-8-5-2)12-9-6-3/h4-12H2,1-3H3,(H4,15,16,17,18). The van der Waals surface area contributed by atoms with Crippen molar-refractivity contribution in [3.05, 3.63) is 0 Å². The minimum absolute atomic E-state index is 0.295. The molecule has 0 aromatic heterocycles. The molecule has 0 aromatic carbocycles. The van der Waals surface area contributed by atoms with Crippen molar-refractivity contribution in [1.82, 2.24) is 4.90 Å². The highest BCUT2D eigenvalue weighted by atomic mass is 15.3. The van der Waals surface area contributed by atoms with Crippen LogP contribution in [-0.4, -0.2) is 36.5 Å². The van der Waals surface area contributed by atoms with E-state index in [9.17, 15) is 0 Å². The van der Waals surface area contributed by atoms with Crippen LogP contribution in [0, 0.1) is 0 Å². The van der Waals surface area contributed by atoms with Crippen molar-refractivity contribution in [2.45, 2.75) is 59.3 Å². The van der Waals surface area contributed by atoms with Crippen LogP contribution in [0.1, 0.15) is 59.3 Å². The van der Waals surface area contributed by atoms with E-state index in [1.54, 1.807) is 0 Å². The van der Waals surface area contributed by atoms with Crippen LogP contribution >= 0.6 is 0 Å². The average Bonchev–Trinajstić information content (AvgIpc) is 2.39. The second-order valence-corrected chi connectivity index (χ2v) is 4.76. The molecule has 112 valence electrons. The van der Waals surface area contributed by atoms with E-state index >= 15 is 0 Å². The zero-order valence-electron chi connectivity index (χ0n) is 12.9. The van der Waals surface area contributed by atoms with Crippen LogP contribution < -0.4 is 11.5 Å². The Labute approximate surface area is 118 Å². The zero-order chi connectivity index (χ0) is 14.5. The van der Waals surface area contributed by atoms with E-state index in [0.717, 1.165) is 58.2 Å². The maximum Gasteiger partial charge on any atom is 0.218 e. The van der Waals surface area contributed by atoms with Crippen LogP contribution in [0.4, 0.5) is 0 Å². The van der Waals surface area contributed by atoms with Gasteiger partial charge in [-0.15, -0.1) is 0 Å². The summed E-state index contributed by atoms with van der Waals surface area (Å²) in [5.41, 5.74) is 11.8. The van der Waals surface area contributed by atoms with E-state index in [0.29, 0.717) is 11.9 Å². The number of nitrogens with zero attached hydrogens (tertiary/aromatic N) is 3. The van der Waals surface area contributed by atoms with Gasteiger partial charge in [0.15, 0.2) is 5.96 Å². The highest BCUT2D eigenvalue weighted by Crippen LogP contribution is 1.99. The fraction of sp³-hybridized carbons (Fsp3) is 0.857. The lowest BCUT2D eigenvalue weighted by Gasteiger charge is -2.23. The summed E-state index contributed by atoms with van der Waals surface area (Å²) in [6.07, 6.45) is 6.67. The van der Waals surface area contributed by atoms with Crippen molar-refractivity contribution >= 4 is 11.9 Å². The fourth-order valence-corrected chi connectivity index (χ4v) is 1.61. The zero-order valence-corrected chi connectivity index (χ0v) is 12.9. The summed E-state index contributed by atoms with van der Waals surface area (Å²) in [4.78, 5) is 10.5. The number of unbranched alkanes of at least 4 members (excludes halogenated alkanes) is 3. The van der Waals surface area contributed by atoms with Gasteiger partial charge in [0.2, 0.25) is 5.96 Å². The van der Waals surface area contributed by atoms with Crippen molar-refractivity contribution in [3.63, 3.8) is 0 Å². The van der Waals surface area contributed by atoms with Gasteiger partial charge in [0.05, 0.1) is 0 Å². The molecule has 19 heavy (non-hydrogen) atoms. The Hall–Kier alpha value is -1.26. The first kappa shape index (κ1) is 17.7. The third-order valence-electron chi connectivity index (χ3n) is 2.90. The Kier molecular flexibility index (Phi) is 11.0. The highest BCUT2D eigenvalue weighted by Gasteiger charge is 2.07. The van der Waals surface area contributed by atoms with Gasteiger partial charge >= 0.3 is 0 Å². The number of nitrogens with two attached hydrogens (primary N) is 2. The molecule has 0 aliphatic carbocycles. The van der Waals surface area contributed by atoms with E-state index < -0.39 is 0 Å². The molecule has 0 radical (unpaired) electrons. The van der Waals surface area contributed by atoms with Crippen LogP contribution in [0.15, 0.2) is 9.98 Å². The molecular formula is C14H31N5. The van der Waals surface area contributed by atoms with Gasteiger partial charge in [0.25, 0.3) is 0 Å².